The third-order valence-electron chi connectivity index (χ3n) is 4.89. The van der Waals surface area contributed by atoms with Crippen LogP contribution in [0.3, 0.4) is 0 Å². The Bertz CT molecular complexity index is 1360. The van der Waals surface area contributed by atoms with E-state index in [-0.39, 0.29) is 16.7 Å². The number of hydrazone groups is 2. The summed E-state index contributed by atoms with van der Waals surface area (Å²) in [5, 5.41) is 8.03. The molecule has 0 aliphatic heterocycles. The third-order valence-corrected chi connectivity index (χ3v) is 5.74. The smallest absolute Gasteiger partial charge is 0.277 e. The van der Waals surface area contributed by atoms with Gasteiger partial charge in [0.25, 0.3) is 11.8 Å². The van der Waals surface area contributed by atoms with Crippen molar-refractivity contribution >= 4 is 33.4 Å². The quantitative estimate of drug-likeness (QED) is 0.214. The van der Waals surface area contributed by atoms with Crippen LogP contribution in [-0.2, 0) is 24.2 Å². The molecule has 0 radical (unpaired) electrons. The highest BCUT2D eigenvalue weighted by Gasteiger charge is 2.10. The number of pyridine rings is 2. The minimum absolute atomic E-state index is 0.178. The molecule has 2 heterocycles. The fourth-order valence-electron chi connectivity index (χ4n) is 2.71. The first-order chi connectivity index (χ1) is 17.4. The molecule has 12 heteroatoms. The van der Waals surface area contributed by atoms with E-state index >= 15 is 0 Å². The largest absolute Gasteiger partial charge is 0.744 e. The number of hydrogen-bond donors (Lipinski definition) is 2. The Kier molecular flexibility index (Phi) is 10.3. The number of hydrogen-bond acceptors (Lipinski definition) is 7. The molecule has 1 aromatic carbocycles. The maximum atomic E-state index is 12.1. The molecule has 3 rings (SSSR count). The Morgan fingerprint density at radius 1 is 0.784 bits per heavy atom. The average Bonchev–Trinajstić information content (AvgIpc) is 2.85. The molecule has 0 aliphatic rings. The molecule has 37 heavy (non-hydrogen) atoms. The highest BCUT2D eigenvalue weighted by atomic mass is 32.2. The zero-order chi connectivity index (χ0) is 27.6. The standard InChI is InChI=1S/C18H20N6O2.C7H8O3S/c1-13(19-21-17(25)15-7-5-9-23(3)11-15)14(2)20-22-18(26)16-8-6-10-24(4)12-16;1-6-2-4-7(5-3-6)11(8,9)10/h5-12H,1-4H3;2-5H,1H3,(H,8,9,10)/p+1. The lowest BCUT2D eigenvalue weighted by atomic mass is 10.2. The normalized spacial score (nSPS) is 11.7. The lowest BCUT2D eigenvalue weighted by molar-refractivity contribution is -0.671. The van der Waals surface area contributed by atoms with Gasteiger partial charge in [-0.15, -0.1) is 0 Å². The minimum atomic E-state index is -4.27. The molecule has 0 fully saturated rings. The first kappa shape index (κ1) is 28.9. The van der Waals surface area contributed by atoms with Crippen molar-refractivity contribution in [2.24, 2.45) is 24.3 Å². The summed E-state index contributed by atoms with van der Waals surface area (Å²) in [6, 6.07) is 12.7. The number of amides is 2. The maximum Gasteiger partial charge on any atom is 0.277 e. The number of carbonyl (C=O) groups is 2. The summed E-state index contributed by atoms with van der Waals surface area (Å²) in [5.41, 5.74) is 7.82. The predicted octanol–water partition coefficient (Wildman–Crippen LogP) is 1.15. The number of carbonyl (C=O) groups excluding carboxylic acids is 2. The van der Waals surface area contributed by atoms with Gasteiger partial charge in [-0.05, 0) is 45.0 Å². The molecule has 2 aromatic heterocycles. The van der Waals surface area contributed by atoms with E-state index in [1.165, 1.54) is 12.1 Å². The van der Waals surface area contributed by atoms with Crippen LogP contribution < -0.4 is 20.0 Å². The predicted molar refractivity (Wildman–Crippen MR) is 136 cm³/mol. The molecule has 3 aromatic rings. The van der Waals surface area contributed by atoms with Gasteiger partial charge in [-0.25, -0.2) is 28.4 Å². The van der Waals surface area contributed by atoms with Crippen molar-refractivity contribution in [3.8, 4) is 0 Å². The number of nitrogens with zero attached hydrogens (tertiary/aromatic N) is 4. The number of aryl methyl sites for hydroxylation is 3. The third kappa shape index (κ3) is 9.70. The van der Waals surface area contributed by atoms with Gasteiger partial charge in [0.15, 0.2) is 24.8 Å². The van der Waals surface area contributed by atoms with Crippen LogP contribution in [0.5, 0.6) is 0 Å². The van der Waals surface area contributed by atoms with Gasteiger partial charge in [0, 0.05) is 12.1 Å². The molecule has 0 saturated heterocycles. The zero-order valence-electron chi connectivity index (χ0n) is 21.2. The summed E-state index contributed by atoms with van der Waals surface area (Å²) in [4.78, 5) is 23.9. The second-order valence-corrected chi connectivity index (χ2v) is 9.44. The van der Waals surface area contributed by atoms with Gasteiger partial charge < -0.3 is 4.55 Å². The van der Waals surface area contributed by atoms with E-state index in [0.717, 1.165) is 5.56 Å². The van der Waals surface area contributed by atoms with E-state index in [1.807, 2.05) is 33.4 Å². The van der Waals surface area contributed by atoms with E-state index in [1.54, 1.807) is 71.8 Å². The van der Waals surface area contributed by atoms with E-state index in [4.69, 9.17) is 0 Å². The van der Waals surface area contributed by atoms with Crippen molar-refractivity contribution < 1.29 is 31.7 Å². The average molecular weight is 526 g/mol. The second-order valence-electron chi connectivity index (χ2n) is 8.06. The van der Waals surface area contributed by atoms with Crippen LogP contribution in [0, 0.1) is 6.92 Å². The summed E-state index contributed by atoms with van der Waals surface area (Å²) < 4.78 is 34.7. The highest BCUT2D eigenvalue weighted by Crippen LogP contribution is 2.08. The van der Waals surface area contributed by atoms with Crippen molar-refractivity contribution in [3.63, 3.8) is 0 Å². The van der Waals surface area contributed by atoms with Crippen molar-refractivity contribution in [2.45, 2.75) is 25.7 Å². The molecular weight excluding hydrogens is 496 g/mol. The van der Waals surface area contributed by atoms with Crippen molar-refractivity contribution in [1.29, 1.82) is 0 Å². The number of nitrogens with one attached hydrogen (secondary N) is 2. The fraction of sp³-hybridized carbons (Fsp3) is 0.200. The van der Waals surface area contributed by atoms with Gasteiger partial charge in [0.1, 0.15) is 35.3 Å². The summed E-state index contributed by atoms with van der Waals surface area (Å²) in [5.74, 6) is -0.650. The molecule has 0 spiro atoms. The summed E-state index contributed by atoms with van der Waals surface area (Å²) in [7, 11) is -0.608. The Hall–Kier alpha value is -4.29. The van der Waals surface area contributed by atoms with Gasteiger partial charge in [-0.2, -0.15) is 10.2 Å². The van der Waals surface area contributed by atoms with Crippen LogP contribution in [0.15, 0.2) is 88.4 Å². The molecule has 2 amide bonds. The van der Waals surface area contributed by atoms with Crippen LogP contribution in [0.4, 0.5) is 0 Å². The van der Waals surface area contributed by atoms with Crippen molar-refractivity contribution in [3.05, 3.63) is 90.0 Å². The molecule has 0 bridgehead atoms. The van der Waals surface area contributed by atoms with E-state index in [9.17, 15) is 22.6 Å². The Labute approximate surface area is 215 Å². The first-order valence-electron chi connectivity index (χ1n) is 11.0. The Morgan fingerprint density at radius 2 is 1.19 bits per heavy atom. The molecule has 194 valence electrons. The number of rotatable bonds is 6. The van der Waals surface area contributed by atoms with Gasteiger partial charge in [0.05, 0.1) is 16.3 Å². The molecule has 2 N–H and O–H groups in total. The van der Waals surface area contributed by atoms with Gasteiger partial charge in [-0.3, -0.25) is 9.59 Å². The summed E-state index contributed by atoms with van der Waals surface area (Å²) >= 11 is 0. The highest BCUT2D eigenvalue weighted by molar-refractivity contribution is 7.85. The number of benzene rings is 1. The van der Waals surface area contributed by atoms with Gasteiger partial charge in [0.2, 0.25) is 0 Å². The van der Waals surface area contributed by atoms with Crippen molar-refractivity contribution in [2.75, 3.05) is 0 Å². The van der Waals surface area contributed by atoms with Gasteiger partial charge in [-0.1, -0.05) is 17.7 Å². The monoisotopic (exact) mass is 525 g/mol. The van der Waals surface area contributed by atoms with E-state index in [0.29, 0.717) is 22.6 Å². The topological polar surface area (TPSA) is 148 Å². The molecular formula is C25H29N6O5S+. The molecule has 0 atom stereocenters. The van der Waals surface area contributed by atoms with Gasteiger partial charge >= 0.3 is 0 Å². The number of aromatic nitrogens is 2. The maximum absolute atomic E-state index is 12.1. The Morgan fingerprint density at radius 3 is 1.54 bits per heavy atom. The van der Waals surface area contributed by atoms with Crippen molar-refractivity contribution in [1.82, 2.24) is 10.9 Å². The molecule has 0 unspecified atom stereocenters. The van der Waals surface area contributed by atoms with Crippen LogP contribution in [0.1, 0.15) is 40.1 Å². The van der Waals surface area contributed by atoms with Crippen LogP contribution in [-0.4, -0.2) is 36.2 Å². The van der Waals surface area contributed by atoms with Crippen LogP contribution >= 0.6 is 0 Å². The van der Waals surface area contributed by atoms with Crippen LogP contribution in [0.2, 0.25) is 0 Å². The molecule has 0 aliphatic carbocycles. The molecule has 0 saturated carbocycles. The van der Waals surface area contributed by atoms with E-state index < -0.39 is 10.1 Å². The minimum Gasteiger partial charge on any atom is -0.744 e. The summed E-state index contributed by atoms with van der Waals surface area (Å²) in [6.45, 7) is 5.21. The summed E-state index contributed by atoms with van der Waals surface area (Å²) in [6.07, 6.45) is 7.05. The lowest BCUT2D eigenvalue weighted by Crippen LogP contribution is -2.31. The Balaban J connectivity index is 0.000000364. The van der Waals surface area contributed by atoms with Crippen LogP contribution in [0.25, 0.3) is 0 Å². The molecule has 11 nitrogen and oxygen atoms in total. The fourth-order valence-corrected chi connectivity index (χ4v) is 3.18. The SMILES string of the molecule is CC(=N/NC(=O)c1ccc[n+](C)c1)/C(C)=N\NC(=O)c1ccc[n+](C)c1.Cc1ccc(S(=O)(=O)[O-])cc1. The zero-order valence-corrected chi connectivity index (χ0v) is 22.0. The van der Waals surface area contributed by atoms with E-state index in [2.05, 4.69) is 21.1 Å². The first-order valence-corrected chi connectivity index (χ1v) is 12.4. The lowest BCUT2D eigenvalue weighted by Gasteiger charge is -2.05. The second kappa shape index (κ2) is 13.1.